The molecule has 0 aromatic heterocycles. The largest absolute Gasteiger partial charge is 0.497 e. The van der Waals surface area contributed by atoms with Crippen LogP contribution in [0, 0.1) is 11.8 Å². The zero-order chi connectivity index (χ0) is 20.1. The van der Waals surface area contributed by atoms with E-state index in [2.05, 4.69) is 12.2 Å². The third kappa shape index (κ3) is 4.32. The molecule has 6 nitrogen and oxygen atoms in total. The normalized spacial score (nSPS) is 24.8. The number of nitrogens with one attached hydrogen (secondary N) is 1. The van der Waals surface area contributed by atoms with Gasteiger partial charge in [0.25, 0.3) is 0 Å². The zero-order valence-electron chi connectivity index (χ0n) is 17.3. The van der Waals surface area contributed by atoms with Gasteiger partial charge in [-0.2, -0.15) is 0 Å². The number of likely N-dealkylation sites (tertiary alicyclic amines) is 2. The van der Waals surface area contributed by atoms with E-state index in [4.69, 9.17) is 4.74 Å². The molecule has 2 saturated heterocycles. The summed E-state index contributed by atoms with van der Waals surface area (Å²) in [7, 11) is 3.59. The molecule has 1 N–H and O–H groups in total. The van der Waals surface area contributed by atoms with Crippen molar-refractivity contribution in [2.75, 3.05) is 40.3 Å². The van der Waals surface area contributed by atoms with Crippen LogP contribution in [0.15, 0.2) is 24.3 Å². The molecule has 0 bridgehead atoms. The van der Waals surface area contributed by atoms with Crippen LogP contribution in [-0.2, 0) is 9.59 Å². The molecule has 0 spiro atoms. The van der Waals surface area contributed by atoms with Crippen molar-refractivity contribution in [1.29, 1.82) is 0 Å². The molecule has 28 heavy (non-hydrogen) atoms. The lowest BCUT2D eigenvalue weighted by atomic mass is 9.92. The quantitative estimate of drug-likeness (QED) is 0.744. The Bertz CT molecular complexity index is 676. The van der Waals surface area contributed by atoms with Gasteiger partial charge in [0, 0.05) is 26.1 Å². The molecule has 3 rings (SSSR count). The Hall–Kier alpha value is -2.08. The first-order chi connectivity index (χ1) is 13.6. The van der Waals surface area contributed by atoms with Crippen LogP contribution in [0.2, 0.25) is 0 Å². The van der Waals surface area contributed by atoms with Crippen molar-refractivity contribution in [3.63, 3.8) is 0 Å². The Morgan fingerprint density at radius 1 is 1.29 bits per heavy atom. The minimum atomic E-state index is -0.300. The van der Waals surface area contributed by atoms with Gasteiger partial charge in [-0.05, 0) is 50.0 Å². The fourth-order valence-corrected chi connectivity index (χ4v) is 4.54. The molecule has 3 unspecified atom stereocenters. The van der Waals surface area contributed by atoms with E-state index < -0.39 is 0 Å². The molecular weight excluding hydrogens is 354 g/mol. The molecule has 2 heterocycles. The summed E-state index contributed by atoms with van der Waals surface area (Å²) in [4.78, 5) is 30.1. The summed E-state index contributed by atoms with van der Waals surface area (Å²) in [5, 5.41) is 3.21. The van der Waals surface area contributed by atoms with E-state index in [-0.39, 0.29) is 23.8 Å². The SMILES string of the molecule is CCCCN1C(=O)CC(C(=O)N2CCC(CNC)C2)C1c1ccc(OC)cc1. The zero-order valence-corrected chi connectivity index (χ0v) is 17.3. The molecule has 2 aliphatic heterocycles. The van der Waals surface area contributed by atoms with E-state index >= 15 is 0 Å². The highest BCUT2D eigenvalue weighted by Gasteiger charge is 2.46. The summed E-state index contributed by atoms with van der Waals surface area (Å²) in [5.41, 5.74) is 1.02. The minimum absolute atomic E-state index is 0.0959. The van der Waals surface area contributed by atoms with Crippen molar-refractivity contribution in [1.82, 2.24) is 15.1 Å². The highest BCUT2D eigenvalue weighted by molar-refractivity contribution is 5.90. The van der Waals surface area contributed by atoms with Crippen molar-refractivity contribution >= 4 is 11.8 Å². The highest BCUT2D eigenvalue weighted by Crippen LogP contribution is 2.40. The summed E-state index contributed by atoms with van der Waals surface area (Å²) >= 11 is 0. The second kappa shape index (κ2) is 9.41. The van der Waals surface area contributed by atoms with E-state index in [1.165, 1.54) is 0 Å². The number of amides is 2. The topological polar surface area (TPSA) is 61.9 Å². The molecular formula is C22H33N3O3. The number of nitrogens with zero attached hydrogens (tertiary/aromatic N) is 2. The average Bonchev–Trinajstić information content (AvgIpc) is 3.31. The number of unbranched alkanes of at least 4 members (excludes halogenated alkanes) is 1. The lowest BCUT2D eigenvalue weighted by Crippen LogP contribution is -2.38. The molecule has 2 fully saturated rings. The smallest absolute Gasteiger partial charge is 0.228 e. The van der Waals surface area contributed by atoms with Gasteiger partial charge in [-0.3, -0.25) is 9.59 Å². The first kappa shape index (κ1) is 20.6. The number of hydrogen-bond acceptors (Lipinski definition) is 4. The van der Waals surface area contributed by atoms with Crippen molar-refractivity contribution in [3.05, 3.63) is 29.8 Å². The van der Waals surface area contributed by atoms with E-state index in [0.717, 1.165) is 50.2 Å². The Balaban J connectivity index is 1.82. The molecule has 2 amide bonds. The summed E-state index contributed by atoms with van der Waals surface area (Å²) in [6.07, 6.45) is 3.31. The Morgan fingerprint density at radius 3 is 2.68 bits per heavy atom. The van der Waals surface area contributed by atoms with Gasteiger partial charge >= 0.3 is 0 Å². The molecule has 154 valence electrons. The van der Waals surface area contributed by atoms with Gasteiger partial charge in [0.1, 0.15) is 5.75 Å². The van der Waals surface area contributed by atoms with Gasteiger partial charge in [0.2, 0.25) is 11.8 Å². The summed E-state index contributed by atoms with van der Waals surface area (Å²) in [6.45, 7) is 5.34. The second-order valence-corrected chi connectivity index (χ2v) is 7.97. The van der Waals surface area contributed by atoms with Gasteiger partial charge in [-0.1, -0.05) is 25.5 Å². The number of hydrogen-bond donors (Lipinski definition) is 1. The molecule has 1 aromatic carbocycles. The van der Waals surface area contributed by atoms with Crippen LogP contribution in [0.1, 0.15) is 44.2 Å². The van der Waals surface area contributed by atoms with Crippen LogP contribution in [0.5, 0.6) is 5.75 Å². The number of benzene rings is 1. The van der Waals surface area contributed by atoms with Crippen LogP contribution >= 0.6 is 0 Å². The Kier molecular flexibility index (Phi) is 6.94. The van der Waals surface area contributed by atoms with Crippen molar-refractivity contribution in [2.45, 2.75) is 38.6 Å². The van der Waals surface area contributed by atoms with Crippen LogP contribution in [0.4, 0.5) is 0 Å². The number of ether oxygens (including phenoxy) is 1. The fraction of sp³-hybridized carbons (Fsp3) is 0.636. The molecule has 1 aromatic rings. The van der Waals surface area contributed by atoms with Gasteiger partial charge in [0.05, 0.1) is 19.1 Å². The minimum Gasteiger partial charge on any atom is -0.497 e. The predicted octanol–water partition coefficient (Wildman–Crippen LogP) is 2.45. The van der Waals surface area contributed by atoms with E-state index in [0.29, 0.717) is 18.9 Å². The maximum Gasteiger partial charge on any atom is 0.228 e. The maximum atomic E-state index is 13.4. The van der Waals surface area contributed by atoms with Crippen LogP contribution < -0.4 is 10.1 Å². The van der Waals surface area contributed by atoms with Crippen LogP contribution in [-0.4, -0.2) is 62.0 Å². The third-order valence-corrected chi connectivity index (χ3v) is 6.05. The Morgan fingerprint density at radius 2 is 2.04 bits per heavy atom. The lowest BCUT2D eigenvalue weighted by Gasteiger charge is -2.30. The molecule has 6 heteroatoms. The van der Waals surface area contributed by atoms with Crippen LogP contribution in [0.25, 0.3) is 0 Å². The molecule has 0 saturated carbocycles. The second-order valence-electron chi connectivity index (χ2n) is 7.97. The van der Waals surface area contributed by atoms with E-state index in [9.17, 15) is 9.59 Å². The molecule has 0 aliphatic carbocycles. The fourth-order valence-electron chi connectivity index (χ4n) is 4.54. The first-order valence-electron chi connectivity index (χ1n) is 10.5. The van der Waals surface area contributed by atoms with Gasteiger partial charge in [0.15, 0.2) is 0 Å². The molecule has 0 radical (unpaired) electrons. The summed E-state index contributed by atoms with van der Waals surface area (Å²) in [6, 6.07) is 7.64. The average molecular weight is 388 g/mol. The number of carbonyl (C=O) groups is 2. The lowest BCUT2D eigenvalue weighted by molar-refractivity contribution is -0.135. The standard InChI is InChI=1S/C22H33N3O3/c1-4-5-11-25-20(26)13-19(21(25)17-6-8-18(28-3)9-7-17)22(27)24-12-10-16(15-24)14-23-2/h6-9,16,19,21,23H,4-5,10-15H2,1-3H3. The van der Waals surface area contributed by atoms with Gasteiger partial charge < -0.3 is 19.9 Å². The van der Waals surface area contributed by atoms with Gasteiger partial charge in [-0.15, -0.1) is 0 Å². The number of carbonyl (C=O) groups excluding carboxylic acids is 2. The molecule has 3 atom stereocenters. The summed E-state index contributed by atoms with van der Waals surface area (Å²) in [5.74, 6) is 1.21. The predicted molar refractivity (Wildman–Crippen MR) is 109 cm³/mol. The number of rotatable bonds is 8. The molecule has 2 aliphatic rings. The highest BCUT2D eigenvalue weighted by atomic mass is 16.5. The van der Waals surface area contributed by atoms with Gasteiger partial charge in [-0.25, -0.2) is 0 Å². The van der Waals surface area contributed by atoms with Crippen molar-refractivity contribution in [2.24, 2.45) is 11.8 Å². The first-order valence-corrected chi connectivity index (χ1v) is 10.5. The monoisotopic (exact) mass is 387 g/mol. The van der Waals surface area contributed by atoms with Crippen molar-refractivity contribution in [3.8, 4) is 5.75 Å². The van der Waals surface area contributed by atoms with E-state index in [1.807, 2.05) is 41.1 Å². The van der Waals surface area contributed by atoms with E-state index in [1.54, 1.807) is 7.11 Å². The maximum absolute atomic E-state index is 13.4. The van der Waals surface area contributed by atoms with Crippen molar-refractivity contribution < 1.29 is 14.3 Å². The van der Waals surface area contributed by atoms with Crippen LogP contribution in [0.3, 0.4) is 0 Å². The third-order valence-electron chi connectivity index (χ3n) is 6.05. The Labute approximate surface area is 168 Å². The number of methoxy groups -OCH3 is 1. The summed E-state index contributed by atoms with van der Waals surface area (Å²) < 4.78 is 5.27.